The van der Waals surface area contributed by atoms with Gasteiger partial charge in [0.25, 0.3) is 5.91 Å². The van der Waals surface area contributed by atoms with Crippen molar-refractivity contribution < 1.29 is 23.8 Å². The molecule has 0 fully saturated rings. The zero-order valence-corrected chi connectivity index (χ0v) is 15.7. The Labute approximate surface area is 157 Å². The third-order valence-electron chi connectivity index (χ3n) is 3.55. The van der Waals surface area contributed by atoms with Crippen LogP contribution in [-0.4, -0.2) is 31.8 Å². The molecule has 1 N–H and O–H groups in total. The second-order valence-corrected chi connectivity index (χ2v) is 5.85. The average Bonchev–Trinajstić information content (AvgIpc) is 2.63. The van der Waals surface area contributed by atoms with Gasteiger partial charge in [0.2, 0.25) is 0 Å². The SMILES string of the molecule is COc1cc(/C=N/NC(=O)COc2cc(C)ccc2C)ccc1OC(C)=O. The number of rotatable bonds is 7. The molecule has 0 atom stereocenters. The molecule has 2 aromatic rings. The van der Waals surface area contributed by atoms with Crippen LogP contribution in [-0.2, 0) is 9.59 Å². The van der Waals surface area contributed by atoms with Gasteiger partial charge in [0, 0.05) is 6.92 Å². The van der Waals surface area contributed by atoms with E-state index in [0.29, 0.717) is 22.8 Å². The van der Waals surface area contributed by atoms with Crippen molar-refractivity contribution in [3.8, 4) is 17.2 Å². The number of methoxy groups -OCH3 is 1. The summed E-state index contributed by atoms with van der Waals surface area (Å²) >= 11 is 0. The second kappa shape index (κ2) is 9.38. The van der Waals surface area contributed by atoms with Crippen LogP contribution in [0, 0.1) is 13.8 Å². The van der Waals surface area contributed by atoms with Crippen LogP contribution in [0.25, 0.3) is 0 Å². The Morgan fingerprint density at radius 1 is 1.07 bits per heavy atom. The number of carbonyl (C=O) groups excluding carboxylic acids is 2. The lowest BCUT2D eigenvalue weighted by molar-refractivity contribution is -0.132. The quantitative estimate of drug-likeness (QED) is 0.351. The first kappa shape index (κ1) is 20.0. The van der Waals surface area contributed by atoms with Crippen LogP contribution in [0.1, 0.15) is 23.6 Å². The van der Waals surface area contributed by atoms with E-state index in [-0.39, 0.29) is 12.5 Å². The molecule has 0 saturated heterocycles. The highest BCUT2D eigenvalue weighted by molar-refractivity contribution is 5.84. The molecular formula is C20H22N2O5. The number of hydrogen-bond donors (Lipinski definition) is 1. The molecule has 0 aliphatic rings. The fraction of sp³-hybridized carbons (Fsp3) is 0.250. The number of esters is 1. The van der Waals surface area contributed by atoms with Gasteiger partial charge < -0.3 is 14.2 Å². The predicted octanol–water partition coefficient (Wildman–Crippen LogP) is 2.77. The van der Waals surface area contributed by atoms with Gasteiger partial charge >= 0.3 is 5.97 Å². The van der Waals surface area contributed by atoms with Crippen LogP contribution in [0.5, 0.6) is 17.2 Å². The van der Waals surface area contributed by atoms with Crippen molar-refractivity contribution in [1.29, 1.82) is 0 Å². The molecule has 0 aliphatic heterocycles. The standard InChI is InChI=1S/C20H22N2O5/c1-13-5-6-14(2)18(9-13)26-12-20(24)22-21-11-16-7-8-17(27-15(3)23)19(10-16)25-4/h5-11H,12H2,1-4H3,(H,22,24)/b21-11+. The maximum Gasteiger partial charge on any atom is 0.308 e. The van der Waals surface area contributed by atoms with Gasteiger partial charge in [-0.15, -0.1) is 0 Å². The lowest BCUT2D eigenvalue weighted by atomic mass is 10.1. The highest BCUT2D eigenvalue weighted by atomic mass is 16.6. The van der Waals surface area contributed by atoms with Gasteiger partial charge in [0.1, 0.15) is 5.75 Å². The predicted molar refractivity (Wildman–Crippen MR) is 101 cm³/mol. The zero-order valence-electron chi connectivity index (χ0n) is 15.7. The molecule has 0 bridgehead atoms. The van der Waals surface area contributed by atoms with Gasteiger partial charge in [-0.1, -0.05) is 12.1 Å². The number of hydrazone groups is 1. The minimum atomic E-state index is -0.439. The van der Waals surface area contributed by atoms with E-state index >= 15 is 0 Å². The number of hydrogen-bond acceptors (Lipinski definition) is 6. The molecule has 0 aromatic heterocycles. The molecule has 7 nitrogen and oxygen atoms in total. The number of carbonyl (C=O) groups is 2. The second-order valence-electron chi connectivity index (χ2n) is 5.85. The van der Waals surface area contributed by atoms with Crippen LogP contribution in [0.4, 0.5) is 0 Å². The molecular weight excluding hydrogens is 348 g/mol. The third-order valence-corrected chi connectivity index (χ3v) is 3.55. The molecule has 7 heteroatoms. The summed E-state index contributed by atoms with van der Waals surface area (Å²) < 4.78 is 15.7. The van der Waals surface area contributed by atoms with Gasteiger partial charge in [-0.25, -0.2) is 5.43 Å². The van der Waals surface area contributed by atoms with Crippen molar-refractivity contribution in [3.63, 3.8) is 0 Å². The van der Waals surface area contributed by atoms with Crippen LogP contribution in [0.15, 0.2) is 41.5 Å². The maximum absolute atomic E-state index is 11.9. The van der Waals surface area contributed by atoms with Crippen molar-refractivity contribution in [1.82, 2.24) is 5.43 Å². The highest BCUT2D eigenvalue weighted by Gasteiger charge is 2.08. The van der Waals surface area contributed by atoms with Crippen LogP contribution < -0.4 is 19.6 Å². The van der Waals surface area contributed by atoms with Crippen molar-refractivity contribution in [2.24, 2.45) is 5.10 Å². The highest BCUT2D eigenvalue weighted by Crippen LogP contribution is 2.27. The monoisotopic (exact) mass is 370 g/mol. The minimum absolute atomic E-state index is 0.143. The summed E-state index contributed by atoms with van der Waals surface area (Å²) in [5, 5.41) is 3.89. The Morgan fingerprint density at radius 3 is 2.56 bits per heavy atom. The van der Waals surface area contributed by atoms with Crippen LogP contribution in [0.2, 0.25) is 0 Å². The van der Waals surface area contributed by atoms with E-state index in [9.17, 15) is 9.59 Å². The number of nitrogens with one attached hydrogen (secondary N) is 1. The first-order valence-corrected chi connectivity index (χ1v) is 8.27. The average molecular weight is 370 g/mol. The van der Waals surface area contributed by atoms with Crippen LogP contribution >= 0.6 is 0 Å². The third kappa shape index (κ3) is 6.14. The molecule has 0 aliphatic carbocycles. The van der Waals surface area contributed by atoms with E-state index in [1.165, 1.54) is 20.2 Å². The Balaban J connectivity index is 1.91. The zero-order chi connectivity index (χ0) is 19.8. The molecule has 0 unspecified atom stereocenters. The first-order valence-electron chi connectivity index (χ1n) is 8.27. The molecule has 142 valence electrons. The number of amides is 1. The summed E-state index contributed by atoms with van der Waals surface area (Å²) in [4.78, 5) is 22.9. The van der Waals surface area contributed by atoms with E-state index in [4.69, 9.17) is 14.2 Å². The lowest BCUT2D eigenvalue weighted by Gasteiger charge is -2.09. The Hall–Kier alpha value is -3.35. The van der Waals surface area contributed by atoms with Gasteiger partial charge in [-0.2, -0.15) is 5.10 Å². The van der Waals surface area contributed by atoms with Crippen molar-refractivity contribution in [2.75, 3.05) is 13.7 Å². The molecule has 1 amide bonds. The molecule has 0 saturated carbocycles. The van der Waals surface area contributed by atoms with Crippen molar-refractivity contribution >= 4 is 18.1 Å². The van der Waals surface area contributed by atoms with Crippen molar-refractivity contribution in [3.05, 3.63) is 53.1 Å². The molecule has 0 radical (unpaired) electrons. The van der Waals surface area contributed by atoms with Gasteiger partial charge in [-0.05, 0) is 54.8 Å². The van der Waals surface area contributed by atoms with E-state index in [0.717, 1.165) is 11.1 Å². The molecule has 2 rings (SSSR count). The van der Waals surface area contributed by atoms with E-state index < -0.39 is 5.97 Å². The first-order chi connectivity index (χ1) is 12.9. The van der Waals surface area contributed by atoms with E-state index in [1.54, 1.807) is 18.2 Å². The summed E-state index contributed by atoms with van der Waals surface area (Å²) in [6.45, 7) is 5.04. The minimum Gasteiger partial charge on any atom is -0.493 e. The largest absolute Gasteiger partial charge is 0.493 e. The summed E-state index contributed by atoms with van der Waals surface area (Å²) in [5.74, 6) is 0.549. The summed E-state index contributed by atoms with van der Waals surface area (Å²) in [6, 6.07) is 10.7. The number of nitrogens with zero attached hydrogens (tertiary/aromatic N) is 1. The smallest absolute Gasteiger partial charge is 0.308 e. The van der Waals surface area contributed by atoms with E-state index in [1.807, 2.05) is 32.0 Å². The Kier molecular flexibility index (Phi) is 6.93. The molecule has 27 heavy (non-hydrogen) atoms. The Morgan fingerprint density at radius 2 is 1.85 bits per heavy atom. The number of ether oxygens (including phenoxy) is 3. The fourth-order valence-corrected chi connectivity index (χ4v) is 2.22. The topological polar surface area (TPSA) is 86.2 Å². The number of benzene rings is 2. The lowest BCUT2D eigenvalue weighted by Crippen LogP contribution is -2.24. The van der Waals surface area contributed by atoms with Crippen LogP contribution in [0.3, 0.4) is 0 Å². The molecule has 0 heterocycles. The summed E-state index contributed by atoms with van der Waals surface area (Å²) in [7, 11) is 1.47. The summed E-state index contributed by atoms with van der Waals surface area (Å²) in [6.07, 6.45) is 1.45. The van der Waals surface area contributed by atoms with E-state index in [2.05, 4.69) is 10.5 Å². The maximum atomic E-state index is 11.9. The van der Waals surface area contributed by atoms with Gasteiger partial charge in [-0.3, -0.25) is 9.59 Å². The van der Waals surface area contributed by atoms with Gasteiger partial charge in [0.15, 0.2) is 18.1 Å². The fourth-order valence-electron chi connectivity index (χ4n) is 2.22. The normalized spacial score (nSPS) is 10.5. The van der Waals surface area contributed by atoms with Crippen molar-refractivity contribution in [2.45, 2.75) is 20.8 Å². The molecule has 0 spiro atoms. The van der Waals surface area contributed by atoms with Gasteiger partial charge in [0.05, 0.1) is 13.3 Å². The molecule has 2 aromatic carbocycles. The Bertz CT molecular complexity index is 861. The summed E-state index contributed by atoms with van der Waals surface area (Å²) in [5.41, 5.74) is 5.08. The number of aryl methyl sites for hydroxylation is 2.